The molecule has 2 aromatic rings. The van der Waals surface area contributed by atoms with Crippen molar-refractivity contribution in [3.63, 3.8) is 0 Å². The molecule has 0 aromatic heterocycles. The molecule has 0 atom stereocenters. The number of rotatable bonds is 2. The summed E-state index contributed by atoms with van der Waals surface area (Å²) in [5, 5.41) is 3.17. The first-order chi connectivity index (χ1) is 9.15. The molecule has 0 spiro atoms. The Bertz CT molecular complexity index is 694. The summed E-state index contributed by atoms with van der Waals surface area (Å²) in [5.41, 5.74) is 2.65. The normalized spacial score (nSPS) is 13.0. The second-order valence-corrected chi connectivity index (χ2v) is 4.81. The summed E-state index contributed by atoms with van der Waals surface area (Å²) in [4.78, 5) is 23.6. The lowest BCUT2D eigenvalue weighted by Gasteiger charge is -2.05. The standard InChI is InChI=1S/C15H10ClNO2/c16-12-4-2-1-3-11(12)15(19)9-5-6-13-10(7-9)8-14(18)17-13/h1-7H,8H2,(H,17,18). The highest BCUT2D eigenvalue weighted by atomic mass is 35.5. The van der Waals surface area contributed by atoms with Gasteiger partial charge in [-0.05, 0) is 35.9 Å². The Hall–Kier alpha value is -2.13. The van der Waals surface area contributed by atoms with E-state index >= 15 is 0 Å². The molecular formula is C15H10ClNO2. The van der Waals surface area contributed by atoms with Gasteiger partial charge in [0.1, 0.15) is 0 Å². The van der Waals surface area contributed by atoms with Crippen molar-refractivity contribution in [3.8, 4) is 0 Å². The Morgan fingerprint density at radius 2 is 1.95 bits per heavy atom. The molecule has 1 amide bonds. The van der Waals surface area contributed by atoms with Crippen LogP contribution in [0.15, 0.2) is 42.5 Å². The Balaban J connectivity index is 2.00. The van der Waals surface area contributed by atoms with Crippen LogP contribution in [0.25, 0.3) is 0 Å². The molecule has 0 saturated carbocycles. The van der Waals surface area contributed by atoms with Crippen LogP contribution in [0.4, 0.5) is 5.69 Å². The van der Waals surface area contributed by atoms with Crippen molar-refractivity contribution < 1.29 is 9.59 Å². The van der Waals surface area contributed by atoms with Crippen molar-refractivity contribution >= 4 is 29.0 Å². The van der Waals surface area contributed by atoms with Crippen molar-refractivity contribution in [2.45, 2.75) is 6.42 Å². The summed E-state index contributed by atoms with van der Waals surface area (Å²) < 4.78 is 0. The number of nitrogens with one attached hydrogen (secondary N) is 1. The van der Waals surface area contributed by atoms with Gasteiger partial charge in [-0.3, -0.25) is 9.59 Å². The van der Waals surface area contributed by atoms with Crippen LogP contribution in [0.1, 0.15) is 21.5 Å². The van der Waals surface area contributed by atoms with E-state index in [-0.39, 0.29) is 11.7 Å². The number of benzene rings is 2. The fourth-order valence-electron chi connectivity index (χ4n) is 2.17. The molecule has 0 saturated heterocycles. The molecule has 19 heavy (non-hydrogen) atoms. The van der Waals surface area contributed by atoms with Gasteiger partial charge in [-0.2, -0.15) is 0 Å². The van der Waals surface area contributed by atoms with Crippen molar-refractivity contribution in [2.24, 2.45) is 0 Å². The van der Waals surface area contributed by atoms with Crippen LogP contribution in [0.2, 0.25) is 5.02 Å². The van der Waals surface area contributed by atoms with E-state index in [1.165, 1.54) is 0 Å². The van der Waals surface area contributed by atoms with Crippen LogP contribution < -0.4 is 5.32 Å². The summed E-state index contributed by atoms with van der Waals surface area (Å²) in [6.45, 7) is 0. The summed E-state index contributed by atoms with van der Waals surface area (Å²) in [7, 11) is 0. The molecule has 3 rings (SSSR count). The highest BCUT2D eigenvalue weighted by molar-refractivity contribution is 6.35. The van der Waals surface area contributed by atoms with E-state index in [1.54, 1.807) is 42.5 Å². The third kappa shape index (κ3) is 2.13. The highest BCUT2D eigenvalue weighted by Gasteiger charge is 2.20. The van der Waals surface area contributed by atoms with Crippen LogP contribution >= 0.6 is 11.6 Å². The van der Waals surface area contributed by atoms with Crippen LogP contribution in [-0.4, -0.2) is 11.7 Å². The fourth-order valence-corrected chi connectivity index (χ4v) is 2.39. The summed E-state index contributed by atoms with van der Waals surface area (Å²) >= 11 is 6.02. The van der Waals surface area contributed by atoms with Crippen molar-refractivity contribution in [1.29, 1.82) is 0 Å². The number of hydrogen-bond donors (Lipinski definition) is 1. The number of hydrogen-bond acceptors (Lipinski definition) is 2. The average molecular weight is 272 g/mol. The van der Waals surface area contributed by atoms with Crippen LogP contribution in [0.3, 0.4) is 0 Å². The van der Waals surface area contributed by atoms with Crippen molar-refractivity contribution in [2.75, 3.05) is 5.32 Å². The largest absolute Gasteiger partial charge is 0.326 e. The van der Waals surface area contributed by atoms with E-state index in [1.807, 2.05) is 0 Å². The monoisotopic (exact) mass is 271 g/mol. The first kappa shape index (κ1) is 11.9. The molecule has 94 valence electrons. The Morgan fingerprint density at radius 1 is 1.16 bits per heavy atom. The van der Waals surface area contributed by atoms with Gasteiger partial charge < -0.3 is 5.32 Å². The van der Waals surface area contributed by atoms with Gasteiger partial charge in [0.05, 0.1) is 11.4 Å². The maximum atomic E-state index is 12.4. The van der Waals surface area contributed by atoms with Crippen LogP contribution in [0, 0.1) is 0 Å². The first-order valence-electron chi connectivity index (χ1n) is 5.87. The smallest absolute Gasteiger partial charge is 0.228 e. The lowest BCUT2D eigenvalue weighted by molar-refractivity contribution is -0.115. The fraction of sp³-hybridized carbons (Fsp3) is 0.0667. The Labute approximate surface area is 115 Å². The second-order valence-electron chi connectivity index (χ2n) is 4.41. The van der Waals surface area contributed by atoms with Gasteiger partial charge in [-0.15, -0.1) is 0 Å². The van der Waals surface area contributed by atoms with E-state index in [0.717, 1.165) is 11.3 Å². The second kappa shape index (κ2) is 4.52. The average Bonchev–Trinajstić information content (AvgIpc) is 2.77. The number of fused-ring (bicyclic) bond motifs is 1. The van der Waals surface area contributed by atoms with E-state index in [4.69, 9.17) is 11.6 Å². The van der Waals surface area contributed by atoms with E-state index in [9.17, 15) is 9.59 Å². The van der Waals surface area contributed by atoms with Crippen molar-refractivity contribution in [1.82, 2.24) is 0 Å². The number of anilines is 1. The quantitative estimate of drug-likeness (QED) is 0.853. The minimum atomic E-state index is -0.132. The van der Waals surface area contributed by atoms with Gasteiger partial charge in [-0.1, -0.05) is 23.7 Å². The van der Waals surface area contributed by atoms with Gasteiger partial charge in [0.15, 0.2) is 5.78 Å². The molecule has 2 aromatic carbocycles. The predicted octanol–water partition coefficient (Wildman–Crippen LogP) is 3.07. The number of carbonyl (C=O) groups is 2. The van der Waals surface area contributed by atoms with Gasteiger partial charge in [0.25, 0.3) is 0 Å². The maximum Gasteiger partial charge on any atom is 0.228 e. The molecule has 0 radical (unpaired) electrons. The zero-order valence-electron chi connectivity index (χ0n) is 9.94. The van der Waals surface area contributed by atoms with Crippen LogP contribution in [-0.2, 0) is 11.2 Å². The topological polar surface area (TPSA) is 46.2 Å². The molecule has 0 fully saturated rings. The minimum Gasteiger partial charge on any atom is -0.326 e. The maximum absolute atomic E-state index is 12.4. The molecule has 1 N–H and O–H groups in total. The summed E-state index contributed by atoms with van der Waals surface area (Å²) in [6, 6.07) is 12.1. The zero-order valence-corrected chi connectivity index (χ0v) is 10.7. The number of ketones is 1. The van der Waals surface area contributed by atoms with Gasteiger partial charge >= 0.3 is 0 Å². The molecular weight excluding hydrogens is 262 g/mol. The lowest BCUT2D eigenvalue weighted by atomic mass is 10.0. The minimum absolute atomic E-state index is 0.0441. The van der Waals surface area contributed by atoms with Crippen LogP contribution in [0.5, 0.6) is 0 Å². The zero-order chi connectivity index (χ0) is 13.4. The van der Waals surface area contributed by atoms with Gasteiger partial charge in [0, 0.05) is 16.8 Å². The Kier molecular flexibility index (Phi) is 2.84. The summed E-state index contributed by atoms with van der Waals surface area (Å²) in [6.07, 6.45) is 0.318. The molecule has 0 unspecified atom stereocenters. The number of carbonyl (C=O) groups excluding carboxylic acids is 2. The van der Waals surface area contributed by atoms with E-state index in [0.29, 0.717) is 22.6 Å². The molecule has 3 nitrogen and oxygen atoms in total. The highest BCUT2D eigenvalue weighted by Crippen LogP contribution is 2.26. The third-order valence-electron chi connectivity index (χ3n) is 3.11. The number of halogens is 1. The lowest BCUT2D eigenvalue weighted by Crippen LogP contribution is -2.03. The predicted molar refractivity (Wildman–Crippen MR) is 73.7 cm³/mol. The number of amides is 1. The SMILES string of the molecule is O=C1Cc2cc(C(=O)c3ccccc3Cl)ccc2N1. The molecule has 0 bridgehead atoms. The van der Waals surface area contributed by atoms with Gasteiger partial charge in [0.2, 0.25) is 5.91 Å². The molecule has 1 aliphatic heterocycles. The molecule has 4 heteroatoms. The molecule has 1 heterocycles. The van der Waals surface area contributed by atoms with Gasteiger partial charge in [-0.25, -0.2) is 0 Å². The first-order valence-corrected chi connectivity index (χ1v) is 6.25. The van der Waals surface area contributed by atoms with E-state index < -0.39 is 0 Å². The molecule has 0 aliphatic carbocycles. The molecule has 1 aliphatic rings. The summed E-state index contributed by atoms with van der Waals surface area (Å²) in [5.74, 6) is -0.176. The third-order valence-corrected chi connectivity index (χ3v) is 3.44. The Morgan fingerprint density at radius 3 is 2.74 bits per heavy atom. The van der Waals surface area contributed by atoms with E-state index in [2.05, 4.69) is 5.32 Å². The van der Waals surface area contributed by atoms with Crippen molar-refractivity contribution in [3.05, 3.63) is 64.2 Å².